The topological polar surface area (TPSA) is 68.3 Å². The number of aryl methyl sites for hydroxylation is 1. The number of primary amides is 1. The lowest BCUT2D eigenvalue weighted by Gasteiger charge is -2.16. The van der Waals surface area contributed by atoms with Crippen molar-refractivity contribution < 1.29 is 9.21 Å². The maximum atomic E-state index is 11.4. The molecule has 0 saturated heterocycles. The number of furan rings is 1. The first-order valence-electron chi connectivity index (χ1n) is 10.1. The van der Waals surface area contributed by atoms with Crippen LogP contribution in [0.2, 0.25) is 0 Å². The minimum Gasteiger partial charge on any atom is -0.459 e. The van der Waals surface area contributed by atoms with E-state index in [0.717, 1.165) is 34.7 Å². The lowest BCUT2D eigenvalue weighted by atomic mass is 10.0. The van der Waals surface area contributed by atoms with E-state index in [9.17, 15) is 4.79 Å². The van der Waals surface area contributed by atoms with Gasteiger partial charge in [-0.1, -0.05) is 64.1 Å². The van der Waals surface area contributed by atoms with Crippen molar-refractivity contribution in [3.8, 4) is 11.1 Å². The first-order chi connectivity index (χ1) is 13.8. The molecule has 0 bridgehead atoms. The zero-order valence-electron chi connectivity index (χ0n) is 18.0. The van der Waals surface area contributed by atoms with Crippen LogP contribution in [-0.4, -0.2) is 5.91 Å². The van der Waals surface area contributed by atoms with Crippen molar-refractivity contribution in [3.05, 3.63) is 77.7 Å². The molecule has 154 valence electrons. The minimum absolute atomic E-state index is 0.168. The second-order valence-electron chi connectivity index (χ2n) is 7.80. The Morgan fingerprint density at radius 2 is 1.55 bits per heavy atom. The highest BCUT2D eigenvalue weighted by molar-refractivity contribution is 5.97. The van der Waals surface area contributed by atoms with Crippen LogP contribution in [0, 0.1) is 5.92 Å². The summed E-state index contributed by atoms with van der Waals surface area (Å²) in [7, 11) is 0. The van der Waals surface area contributed by atoms with Gasteiger partial charge in [0, 0.05) is 17.3 Å². The Morgan fingerprint density at radius 1 is 0.966 bits per heavy atom. The standard InChI is InChI=1S/C21H22N2O2.C4H10/c1-3-15-4-10-18(11-5-15)23-14(2)16-6-8-17(9-7-16)19-12-13-25-20(19)21(22)24;1-4(2)3/h4-14,23H,3H2,1-2H3,(H2,22,24);4H,1-3H3. The molecule has 0 saturated carbocycles. The summed E-state index contributed by atoms with van der Waals surface area (Å²) >= 11 is 0. The molecular formula is C25H32N2O2. The highest BCUT2D eigenvalue weighted by Gasteiger charge is 2.14. The van der Waals surface area contributed by atoms with E-state index in [-0.39, 0.29) is 11.8 Å². The molecule has 0 radical (unpaired) electrons. The predicted octanol–water partition coefficient (Wildman–Crippen LogP) is 6.44. The highest BCUT2D eigenvalue weighted by Crippen LogP contribution is 2.27. The summed E-state index contributed by atoms with van der Waals surface area (Å²) in [4.78, 5) is 11.4. The molecule has 4 heteroatoms. The van der Waals surface area contributed by atoms with Crippen LogP contribution in [0.15, 0.2) is 65.3 Å². The summed E-state index contributed by atoms with van der Waals surface area (Å²) in [5.41, 5.74) is 10.5. The SMILES string of the molecule is CC(C)C.CCc1ccc(NC(C)c2ccc(-c3ccoc3C(N)=O)cc2)cc1. The summed E-state index contributed by atoms with van der Waals surface area (Å²) in [5, 5.41) is 3.50. The molecule has 3 rings (SSSR count). The third kappa shape index (κ3) is 6.53. The van der Waals surface area contributed by atoms with Gasteiger partial charge in [0.1, 0.15) is 0 Å². The molecule has 3 aromatic rings. The predicted molar refractivity (Wildman–Crippen MR) is 121 cm³/mol. The van der Waals surface area contributed by atoms with Crippen LogP contribution >= 0.6 is 0 Å². The lowest BCUT2D eigenvalue weighted by Crippen LogP contribution is -2.10. The van der Waals surface area contributed by atoms with Gasteiger partial charge < -0.3 is 15.5 Å². The quantitative estimate of drug-likeness (QED) is 0.507. The first kappa shape index (κ1) is 22.3. The molecular weight excluding hydrogens is 360 g/mol. The van der Waals surface area contributed by atoms with Gasteiger partial charge in [-0.3, -0.25) is 4.79 Å². The lowest BCUT2D eigenvalue weighted by molar-refractivity contribution is 0.0975. The van der Waals surface area contributed by atoms with Crippen LogP contribution in [0.25, 0.3) is 11.1 Å². The molecule has 0 spiro atoms. The number of hydrogen-bond donors (Lipinski definition) is 2. The number of anilines is 1. The van der Waals surface area contributed by atoms with Crippen LogP contribution in [0.5, 0.6) is 0 Å². The van der Waals surface area contributed by atoms with E-state index in [1.165, 1.54) is 11.8 Å². The van der Waals surface area contributed by atoms with Gasteiger partial charge in [-0.2, -0.15) is 0 Å². The Bertz CT molecular complexity index is 891. The maximum Gasteiger partial charge on any atom is 0.285 e. The fourth-order valence-electron chi connectivity index (χ4n) is 2.85. The number of carbonyl (C=O) groups excluding carboxylic acids is 1. The molecule has 0 aliphatic carbocycles. The Morgan fingerprint density at radius 3 is 2.07 bits per heavy atom. The van der Waals surface area contributed by atoms with E-state index < -0.39 is 5.91 Å². The summed E-state index contributed by atoms with van der Waals surface area (Å²) < 4.78 is 5.17. The van der Waals surface area contributed by atoms with Crippen LogP contribution in [0.3, 0.4) is 0 Å². The highest BCUT2D eigenvalue weighted by atomic mass is 16.3. The van der Waals surface area contributed by atoms with E-state index >= 15 is 0 Å². The smallest absolute Gasteiger partial charge is 0.285 e. The van der Waals surface area contributed by atoms with Crippen molar-refractivity contribution in [3.63, 3.8) is 0 Å². The fourth-order valence-corrected chi connectivity index (χ4v) is 2.85. The van der Waals surface area contributed by atoms with Gasteiger partial charge in [0.15, 0.2) is 5.76 Å². The third-order valence-electron chi connectivity index (χ3n) is 4.36. The summed E-state index contributed by atoms with van der Waals surface area (Å²) in [6.45, 7) is 10.8. The Labute approximate surface area is 174 Å². The van der Waals surface area contributed by atoms with Gasteiger partial charge in [0.05, 0.1) is 6.26 Å². The Balaban J connectivity index is 0.000000687. The molecule has 0 aliphatic rings. The van der Waals surface area contributed by atoms with Crippen molar-refractivity contribution in [2.45, 2.75) is 47.1 Å². The maximum absolute atomic E-state index is 11.4. The van der Waals surface area contributed by atoms with Crippen molar-refractivity contribution in [1.29, 1.82) is 0 Å². The second kappa shape index (κ2) is 10.5. The number of benzene rings is 2. The third-order valence-corrected chi connectivity index (χ3v) is 4.36. The normalized spacial score (nSPS) is 11.5. The van der Waals surface area contributed by atoms with Gasteiger partial charge in [-0.25, -0.2) is 0 Å². The monoisotopic (exact) mass is 392 g/mol. The average Bonchev–Trinajstić information content (AvgIpc) is 3.18. The van der Waals surface area contributed by atoms with Crippen LogP contribution in [0.1, 0.15) is 62.3 Å². The molecule has 4 nitrogen and oxygen atoms in total. The molecule has 1 unspecified atom stereocenters. The number of hydrogen-bond acceptors (Lipinski definition) is 3. The van der Waals surface area contributed by atoms with E-state index in [0.29, 0.717) is 0 Å². The molecule has 3 N–H and O–H groups in total. The number of nitrogens with two attached hydrogens (primary N) is 1. The van der Waals surface area contributed by atoms with Crippen molar-refractivity contribution in [1.82, 2.24) is 0 Å². The van der Waals surface area contributed by atoms with E-state index in [4.69, 9.17) is 10.2 Å². The van der Waals surface area contributed by atoms with Crippen molar-refractivity contribution >= 4 is 11.6 Å². The van der Waals surface area contributed by atoms with E-state index in [2.05, 4.69) is 64.2 Å². The zero-order valence-corrected chi connectivity index (χ0v) is 18.0. The molecule has 1 amide bonds. The average molecular weight is 393 g/mol. The Hall–Kier alpha value is -3.01. The summed E-state index contributed by atoms with van der Waals surface area (Å²) in [5.74, 6) is 0.463. The summed E-state index contributed by atoms with van der Waals surface area (Å²) in [6, 6.07) is 18.5. The molecule has 29 heavy (non-hydrogen) atoms. The van der Waals surface area contributed by atoms with Crippen molar-refractivity contribution in [2.24, 2.45) is 11.7 Å². The van der Waals surface area contributed by atoms with E-state index in [1.54, 1.807) is 6.07 Å². The van der Waals surface area contributed by atoms with Crippen LogP contribution < -0.4 is 11.1 Å². The first-order valence-corrected chi connectivity index (χ1v) is 10.1. The van der Waals surface area contributed by atoms with Gasteiger partial charge in [-0.05, 0) is 54.2 Å². The number of nitrogens with one attached hydrogen (secondary N) is 1. The van der Waals surface area contributed by atoms with Crippen LogP contribution in [0.4, 0.5) is 5.69 Å². The number of rotatable bonds is 6. The van der Waals surface area contributed by atoms with E-state index in [1.807, 2.05) is 24.3 Å². The van der Waals surface area contributed by atoms with Gasteiger partial charge >= 0.3 is 0 Å². The van der Waals surface area contributed by atoms with Gasteiger partial charge in [0.2, 0.25) is 0 Å². The minimum atomic E-state index is -0.561. The van der Waals surface area contributed by atoms with Crippen LogP contribution in [-0.2, 0) is 6.42 Å². The summed E-state index contributed by atoms with van der Waals surface area (Å²) in [6.07, 6.45) is 2.52. The Kier molecular flexibility index (Phi) is 8.08. The zero-order chi connectivity index (χ0) is 21.4. The molecule has 1 atom stereocenters. The molecule has 0 fully saturated rings. The van der Waals surface area contributed by atoms with Crippen molar-refractivity contribution in [2.75, 3.05) is 5.32 Å². The van der Waals surface area contributed by atoms with Gasteiger partial charge in [0.25, 0.3) is 5.91 Å². The van der Waals surface area contributed by atoms with Gasteiger partial charge in [-0.15, -0.1) is 0 Å². The molecule has 1 heterocycles. The largest absolute Gasteiger partial charge is 0.459 e. The fraction of sp³-hybridized carbons (Fsp3) is 0.320. The number of amides is 1. The molecule has 0 aliphatic heterocycles. The number of carbonyl (C=O) groups is 1. The molecule has 2 aromatic carbocycles. The molecule has 1 aromatic heterocycles. The second-order valence-corrected chi connectivity index (χ2v) is 7.80.